The monoisotopic (exact) mass is 458 g/mol. The number of aliphatic hydroxyl groups is 2. The SMILES string of the molecule is CC(C)(C)[C@@H]1CCC2(CO)CC[C@]3(C)C(CCC4[C@@]5(C)CC[C@H](O)C(C)(C)C5CC[C@]43C)C12. The standard InChI is InChI=1S/C31H54O2/c1-26(2,3)20-11-16-31(19-32)18-17-29(7)21(25(20)31)9-10-23-28(6)14-13-24(33)27(4,5)22(28)12-15-30(23,29)8/h20-25,32-33H,9-19H2,1-8H3/t20-,21?,22?,23?,24+,25?,28+,29-,30-,31?/m1/s1. The van der Waals surface area contributed by atoms with E-state index in [4.69, 9.17) is 0 Å². The van der Waals surface area contributed by atoms with E-state index in [0.29, 0.717) is 40.1 Å². The van der Waals surface area contributed by atoms with Crippen LogP contribution in [0, 0.1) is 62.1 Å². The van der Waals surface area contributed by atoms with E-state index >= 15 is 0 Å². The van der Waals surface area contributed by atoms with Gasteiger partial charge in [-0.15, -0.1) is 0 Å². The van der Waals surface area contributed by atoms with Gasteiger partial charge in [-0.3, -0.25) is 0 Å². The van der Waals surface area contributed by atoms with Crippen LogP contribution >= 0.6 is 0 Å². The molecule has 2 nitrogen and oxygen atoms in total. The average molecular weight is 459 g/mol. The van der Waals surface area contributed by atoms with Gasteiger partial charge in [0.25, 0.3) is 0 Å². The first kappa shape index (κ1) is 24.6. The first-order valence-corrected chi connectivity index (χ1v) is 14.5. The molecule has 0 heterocycles. The van der Waals surface area contributed by atoms with E-state index in [0.717, 1.165) is 24.2 Å². The second-order valence-corrected chi connectivity index (χ2v) is 16.1. The topological polar surface area (TPSA) is 40.5 Å². The molecular weight excluding hydrogens is 404 g/mol. The number of aliphatic hydroxyl groups excluding tert-OH is 2. The highest BCUT2D eigenvalue weighted by molar-refractivity contribution is 5.19. The van der Waals surface area contributed by atoms with Gasteiger partial charge in [-0.1, -0.05) is 55.4 Å². The van der Waals surface area contributed by atoms with E-state index in [2.05, 4.69) is 55.4 Å². The van der Waals surface area contributed by atoms with E-state index in [-0.39, 0.29) is 16.9 Å². The van der Waals surface area contributed by atoms with Gasteiger partial charge in [-0.05, 0) is 126 Å². The van der Waals surface area contributed by atoms with Crippen LogP contribution in [0.1, 0.15) is 120 Å². The molecule has 2 heteroatoms. The molecule has 0 radical (unpaired) electrons. The summed E-state index contributed by atoms with van der Waals surface area (Å²) in [6, 6.07) is 0. The molecule has 0 bridgehead atoms. The summed E-state index contributed by atoms with van der Waals surface area (Å²) in [5, 5.41) is 21.7. The van der Waals surface area contributed by atoms with Crippen molar-refractivity contribution in [2.45, 2.75) is 126 Å². The summed E-state index contributed by atoms with van der Waals surface area (Å²) in [4.78, 5) is 0. The van der Waals surface area contributed by atoms with E-state index in [9.17, 15) is 10.2 Å². The van der Waals surface area contributed by atoms with Crippen LogP contribution in [-0.4, -0.2) is 22.9 Å². The molecule has 5 aliphatic carbocycles. The van der Waals surface area contributed by atoms with Crippen LogP contribution in [0.5, 0.6) is 0 Å². The molecule has 5 saturated carbocycles. The Bertz CT molecular complexity index is 780. The number of rotatable bonds is 1. The zero-order valence-corrected chi connectivity index (χ0v) is 23.1. The Balaban J connectivity index is 1.55. The van der Waals surface area contributed by atoms with Crippen LogP contribution < -0.4 is 0 Å². The maximum absolute atomic E-state index is 10.9. The van der Waals surface area contributed by atoms with Gasteiger partial charge in [0.2, 0.25) is 0 Å². The molecule has 5 rings (SSSR count). The van der Waals surface area contributed by atoms with E-state index in [1.54, 1.807) is 0 Å². The highest BCUT2D eigenvalue weighted by atomic mass is 16.3. The minimum atomic E-state index is -0.141. The summed E-state index contributed by atoms with van der Waals surface area (Å²) < 4.78 is 0. The molecule has 10 atom stereocenters. The molecule has 0 aromatic heterocycles. The summed E-state index contributed by atoms with van der Waals surface area (Å²) in [6.45, 7) is 20.6. The summed E-state index contributed by atoms with van der Waals surface area (Å²) in [7, 11) is 0. The van der Waals surface area contributed by atoms with Gasteiger partial charge in [-0.25, -0.2) is 0 Å². The van der Waals surface area contributed by atoms with Crippen molar-refractivity contribution in [3.63, 3.8) is 0 Å². The second-order valence-electron chi connectivity index (χ2n) is 16.1. The van der Waals surface area contributed by atoms with Crippen molar-refractivity contribution >= 4 is 0 Å². The lowest BCUT2D eigenvalue weighted by atomic mass is 9.32. The van der Waals surface area contributed by atoms with Crippen LogP contribution in [-0.2, 0) is 0 Å². The molecule has 190 valence electrons. The number of hydrogen-bond acceptors (Lipinski definition) is 2. The average Bonchev–Trinajstić information content (AvgIpc) is 3.12. The normalized spacial score (nSPS) is 55.8. The zero-order valence-electron chi connectivity index (χ0n) is 23.1. The van der Waals surface area contributed by atoms with Crippen LogP contribution in [0.2, 0.25) is 0 Å². The summed E-state index contributed by atoms with van der Waals surface area (Å²) in [5.41, 5.74) is 1.66. The van der Waals surface area contributed by atoms with Gasteiger partial charge in [0.1, 0.15) is 0 Å². The summed E-state index contributed by atoms with van der Waals surface area (Å²) in [6.07, 6.45) is 12.5. The molecule has 0 spiro atoms. The minimum Gasteiger partial charge on any atom is -0.396 e. The van der Waals surface area contributed by atoms with Gasteiger partial charge in [0.05, 0.1) is 6.10 Å². The largest absolute Gasteiger partial charge is 0.396 e. The molecule has 5 aliphatic rings. The second kappa shape index (κ2) is 7.24. The molecule has 0 amide bonds. The van der Waals surface area contributed by atoms with Crippen molar-refractivity contribution < 1.29 is 10.2 Å². The molecule has 0 aromatic rings. The van der Waals surface area contributed by atoms with Crippen LogP contribution in [0.25, 0.3) is 0 Å². The van der Waals surface area contributed by atoms with E-state index < -0.39 is 0 Å². The van der Waals surface area contributed by atoms with Gasteiger partial charge < -0.3 is 10.2 Å². The quantitative estimate of drug-likeness (QED) is 0.428. The molecule has 2 N–H and O–H groups in total. The molecular formula is C31H54O2. The molecule has 33 heavy (non-hydrogen) atoms. The van der Waals surface area contributed by atoms with Crippen molar-refractivity contribution in [1.29, 1.82) is 0 Å². The Labute approximate surface area is 204 Å². The Hall–Kier alpha value is -0.0800. The van der Waals surface area contributed by atoms with Crippen molar-refractivity contribution in [3.05, 3.63) is 0 Å². The van der Waals surface area contributed by atoms with Gasteiger partial charge in [-0.2, -0.15) is 0 Å². The molecule has 5 unspecified atom stereocenters. The fourth-order valence-electron chi connectivity index (χ4n) is 12.0. The third kappa shape index (κ3) is 2.98. The number of fused-ring (bicyclic) bond motifs is 7. The molecule has 0 aliphatic heterocycles. The first-order valence-electron chi connectivity index (χ1n) is 14.5. The first-order chi connectivity index (χ1) is 15.2. The van der Waals surface area contributed by atoms with Gasteiger partial charge >= 0.3 is 0 Å². The van der Waals surface area contributed by atoms with Crippen LogP contribution in [0.3, 0.4) is 0 Å². The van der Waals surface area contributed by atoms with E-state index in [1.807, 2.05) is 0 Å². The smallest absolute Gasteiger partial charge is 0.0594 e. The molecule has 0 aromatic carbocycles. The highest BCUT2D eigenvalue weighted by Crippen LogP contribution is 2.77. The maximum Gasteiger partial charge on any atom is 0.0594 e. The maximum atomic E-state index is 10.9. The molecule has 0 saturated heterocycles. The summed E-state index contributed by atoms with van der Waals surface area (Å²) in [5.74, 6) is 3.60. The lowest BCUT2D eigenvalue weighted by Crippen LogP contribution is -2.67. The van der Waals surface area contributed by atoms with E-state index in [1.165, 1.54) is 57.8 Å². The van der Waals surface area contributed by atoms with Crippen molar-refractivity contribution in [2.75, 3.05) is 6.61 Å². The Morgan fingerprint density at radius 2 is 1.42 bits per heavy atom. The van der Waals surface area contributed by atoms with Crippen LogP contribution in [0.15, 0.2) is 0 Å². The lowest BCUT2D eigenvalue weighted by molar-refractivity contribution is -0.252. The fraction of sp³-hybridized carbons (Fsp3) is 1.00. The predicted molar refractivity (Wildman–Crippen MR) is 137 cm³/mol. The van der Waals surface area contributed by atoms with Crippen molar-refractivity contribution in [2.24, 2.45) is 62.1 Å². The van der Waals surface area contributed by atoms with Crippen molar-refractivity contribution in [3.8, 4) is 0 Å². The Morgan fingerprint density at radius 1 is 0.727 bits per heavy atom. The fourth-order valence-corrected chi connectivity index (χ4v) is 12.0. The molecule has 5 fully saturated rings. The zero-order chi connectivity index (χ0) is 24.2. The van der Waals surface area contributed by atoms with Crippen LogP contribution in [0.4, 0.5) is 0 Å². The summed E-state index contributed by atoms with van der Waals surface area (Å²) >= 11 is 0. The Morgan fingerprint density at radius 3 is 2.06 bits per heavy atom. The third-order valence-corrected chi connectivity index (χ3v) is 14.0. The van der Waals surface area contributed by atoms with Gasteiger partial charge in [0.15, 0.2) is 0 Å². The predicted octanol–water partition coefficient (Wildman–Crippen LogP) is 7.47. The lowest BCUT2D eigenvalue weighted by Gasteiger charge is -2.73. The Kier molecular flexibility index (Phi) is 5.40. The third-order valence-electron chi connectivity index (χ3n) is 14.0. The highest BCUT2D eigenvalue weighted by Gasteiger charge is 2.71. The number of hydrogen-bond donors (Lipinski definition) is 2. The van der Waals surface area contributed by atoms with Crippen molar-refractivity contribution in [1.82, 2.24) is 0 Å². The minimum absolute atomic E-state index is 0.0352. The van der Waals surface area contributed by atoms with Gasteiger partial charge in [0, 0.05) is 6.61 Å².